The topological polar surface area (TPSA) is 87.5 Å². The lowest BCUT2D eigenvalue weighted by Gasteiger charge is -2.24. The van der Waals surface area contributed by atoms with E-state index >= 15 is 0 Å². The number of rotatable bonds is 8. The maximum Gasteiger partial charge on any atom is 0.279 e. The van der Waals surface area contributed by atoms with E-state index in [4.69, 9.17) is 0 Å². The lowest BCUT2D eigenvalue weighted by Crippen LogP contribution is -2.46. The summed E-state index contributed by atoms with van der Waals surface area (Å²) in [5, 5.41) is 0. The molecule has 0 spiro atoms. The van der Waals surface area contributed by atoms with Crippen LogP contribution in [-0.2, 0) is 21.5 Å². The molecule has 8 nitrogen and oxygen atoms in total. The van der Waals surface area contributed by atoms with Crippen LogP contribution < -0.4 is 4.72 Å². The Morgan fingerprint density at radius 2 is 2.08 bits per heavy atom. The Morgan fingerprint density at radius 1 is 1.36 bits per heavy atom. The van der Waals surface area contributed by atoms with Crippen LogP contribution in [0.3, 0.4) is 0 Å². The molecule has 0 saturated carbocycles. The number of aryl methyl sites for hydroxylation is 1. The lowest BCUT2D eigenvalue weighted by molar-refractivity contribution is -0.130. The van der Waals surface area contributed by atoms with E-state index < -0.39 is 10.2 Å². The molecule has 1 fully saturated rings. The van der Waals surface area contributed by atoms with Gasteiger partial charge in [0.1, 0.15) is 0 Å². The van der Waals surface area contributed by atoms with Crippen molar-refractivity contribution in [3.05, 3.63) is 18.7 Å². The van der Waals surface area contributed by atoms with E-state index in [1.807, 2.05) is 10.8 Å². The molecule has 1 aliphatic heterocycles. The number of carbonyl (C=O) groups is 1. The molecule has 9 heteroatoms. The summed E-state index contributed by atoms with van der Waals surface area (Å²) < 4.78 is 30.1. The van der Waals surface area contributed by atoms with Crippen molar-refractivity contribution in [1.82, 2.24) is 23.5 Å². The minimum Gasteiger partial charge on any atom is -0.341 e. The molecule has 0 bridgehead atoms. The first-order valence-electron chi connectivity index (χ1n) is 8.64. The van der Waals surface area contributed by atoms with Crippen molar-refractivity contribution in [3.63, 3.8) is 0 Å². The van der Waals surface area contributed by atoms with Gasteiger partial charge in [-0.1, -0.05) is 13.8 Å². The highest BCUT2D eigenvalue weighted by Gasteiger charge is 2.39. The molecule has 1 amide bonds. The third kappa shape index (κ3) is 5.26. The summed E-state index contributed by atoms with van der Waals surface area (Å²) in [6.07, 6.45) is 6.53. The maximum atomic E-state index is 12.5. The van der Waals surface area contributed by atoms with Crippen LogP contribution in [-0.4, -0.2) is 66.3 Å². The van der Waals surface area contributed by atoms with E-state index in [2.05, 4.69) is 23.6 Å². The summed E-state index contributed by atoms with van der Waals surface area (Å²) in [6, 6.07) is -0.245. The Kier molecular flexibility index (Phi) is 6.59. The van der Waals surface area contributed by atoms with Gasteiger partial charge in [-0.25, -0.2) is 4.98 Å². The molecule has 2 atom stereocenters. The predicted molar refractivity (Wildman–Crippen MR) is 95.9 cm³/mol. The van der Waals surface area contributed by atoms with Crippen LogP contribution >= 0.6 is 0 Å². The molecule has 1 aromatic heterocycles. The zero-order valence-corrected chi connectivity index (χ0v) is 16.2. The van der Waals surface area contributed by atoms with Gasteiger partial charge in [0.05, 0.1) is 6.33 Å². The van der Waals surface area contributed by atoms with E-state index in [0.29, 0.717) is 25.4 Å². The normalized spacial score (nSPS) is 21.4. The SMILES string of the molecule is CC(C)[C@@H]1CN(C(=O)CCCn2ccnc2)C[C@H]1NS(=O)(=O)N(C)C. The molecule has 1 saturated heterocycles. The molecule has 25 heavy (non-hydrogen) atoms. The van der Waals surface area contributed by atoms with Crippen LogP contribution in [0.25, 0.3) is 0 Å². The molecule has 1 aromatic rings. The van der Waals surface area contributed by atoms with Gasteiger partial charge < -0.3 is 9.47 Å². The highest BCUT2D eigenvalue weighted by Crippen LogP contribution is 2.26. The molecule has 2 heterocycles. The summed E-state index contributed by atoms with van der Waals surface area (Å²) >= 11 is 0. The van der Waals surface area contributed by atoms with Crippen LogP contribution in [0.2, 0.25) is 0 Å². The number of carbonyl (C=O) groups excluding carboxylic acids is 1. The standard InChI is InChI=1S/C16H29N5O3S/c1-13(2)14-10-21(11-15(14)18-25(23,24)19(3)4)16(22)6-5-8-20-9-7-17-12-20/h7,9,12-15,18H,5-6,8,10-11H2,1-4H3/t14-,15+/m0/s1. The van der Waals surface area contributed by atoms with Gasteiger partial charge in [-0.3, -0.25) is 4.79 Å². The molecule has 0 aromatic carbocycles. The zero-order valence-electron chi connectivity index (χ0n) is 15.4. The summed E-state index contributed by atoms with van der Waals surface area (Å²) in [7, 11) is -0.507. The largest absolute Gasteiger partial charge is 0.341 e. The van der Waals surface area contributed by atoms with Gasteiger partial charge in [0.15, 0.2) is 0 Å². The van der Waals surface area contributed by atoms with Gasteiger partial charge in [-0.05, 0) is 18.3 Å². The Balaban J connectivity index is 1.92. The van der Waals surface area contributed by atoms with Crippen molar-refractivity contribution < 1.29 is 13.2 Å². The number of hydrogen-bond acceptors (Lipinski definition) is 4. The Labute approximate surface area is 150 Å². The fourth-order valence-corrected chi connectivity index (χ4v) is 3.96. The second-order valence-corrected chi connectivity index (χ2v) is 9.04. The average molecular weight is 372 g/mol. The first-order valence-corrected chi connectivity index (χ1v) is 10.1. The van der Waals surface area contributed by atoms with Crippen molar-refractivity contribution in [3.8, 4) is 0 Å². The monoisotopic (exact) mass is 371 g/mol. The van der Waals surface area contributed by atoms with E-state index in [9.17, 15) is 13.2 Å². The van der Waals surface area contributed by atoms with Crippen molar-refractivity contribution in [1.29, 1.82) is 0 Å². The maximum absolute atomic E-state index is 12.5. The summed E-state index contributed by atoms with van der Waals surface area (Å²) in [6.45, 7) is 5.91. The minimum absolute atomic E-state index is 0.0808. The van der Waals surface area contributed by atoms with Gasteiger partial charge in [-0.2, -0.15) is 17.4 Å². The Bertz CT molecular complexity index is 657. The fourth-order valence-electron chi connectivity index (χ4n) is 3.12. The van der Waals surface area contributed by atoms with Crippen LogP contribution in [0.5, 0.6) is 0 Å². The molecule has 0 radical (unpaired) electrons. The quantitative estimate of drug-likeness (QED) is 0.723. The second-order valence-electron chi connectivity index (χ2n) is 7.12. The predicted octanol–water partition coefficient (Wildman–Crippen LogP) is 0.542. The van der Waals surface area contributed by atoms with Gasteiger partial charge in [0.2, 0.25) is 5.91 Å². The molecule has 0 aliphatic carbocycles. The molecular formula is C16H29N5O3S. The summed E-state index contributed by atoms with van der Waals surface area (Å²) in [5.74, 6) is 0.489. The van der Waals surface area contributed by atoms with E-state index in [0.717, 1.165) is 13.0 Å². The zero-order chi connectivity index (χ0) is 18.6. The average Bonchev–Trinajstić information content (AvgIpc) is 3.16. The first-order chi connectivity index (χ1) is 11.7. The van der Waals surface area contributed by atoms with Crippen LogP contribution in [0.15, 0.2) is 18.7 Å². The third-order valence-electron chi connectivity index (χ3n) is 4.72. The molecule has 1 aliphatic rings. The van der Waals surface area contributed by atoms with Gasteiger partial charge in [0.25, 0.3) is 10.2 Å². The lowest BCUT2D eigenvalue weighted by atomic mass is 9.92. The summed E-state index contributed by atoms with van der Waals surface area (Å²) in [5.41, 5.74) is 0. The highest BCUT2D eigenvalue weighted by molar-refractivity contribution is 7.87. The molecule has 2 rings (SSSR count). The number of amides is 1. The number of aromatic nitrogens is 2. The minimum atomic E-state index is -3.51. The summed E-state index contributed by atoms with van der Waals surface area (Å²) in [4.78, 5) is 18.3. The molecular weight excluding hydrogens is 342 g/mol. The van der Waals surface area contributed by atoms with E-state index in [1.54, 1.807) is 17.4 Å². The van der Waals surface area contributed by atoms with Crippen molar-refractivity contribution in [2.24, 2.45) is 11.8 Å². The number of nitrogens with zero attached hydrogens (tertiary/aromatic N) is 4. The van der Waals surface area contributed by atoms with Crippen LogP contribution in [0.4, 0.5) is 0 Å². The first kappa shape index (κ1) is 19.9. The molecule has 142 valence electrons. The van der Waals surface area contributed by atoms with Crippen molar-refractivity contribution >= 4 is 16.1 Å². The van der Waals surface area contributed by atoms with Crippen molar-refractivity contribution in [2.75, 3.05) is 27.2 Å². The van der Waals surface area contributed by atoms with Crippen LogP contribution in [0, 0.1) is 11.8 Å². The number of hydrogen-bond donors (Lipinski definition) is 1. The van der Waals surface area contributed by atoms with Gasteiger partial charge >= 0.3 is 0 Å². The highest BCUT2D eigenvalue weighted by atomic mass is 32.2. The number of likely N-dealkylation sites (tertiary alicyclic amines) is 1. The van der Waals surface area contributed by atoms with Crippen LogP contribution in [0.1, 0.15) is 26.7 Å². The number of nitrogens with one attached hydrogen (secondary N) is 1. The van der Waals surface area contributed by atoms with Crippen molar-refractivity contribution in [2.45, 2.75) is 39.3 Å². The molecule has 1 N–H and O–H groups in total. The smallest absolute Gasteiger partial charge is 0.279 e. The van der Waals surface area contributed by atoms with Gasteiger partial charge in [0, 0.05) is 58.6 Å². The third-order valence-corrected chi connectivity index (χ3v) is 6.28. The number of imidazole rings is 1. The fraction of sp³-hybridized carbons (Fsp3) is 0.750. The Morgan fingerprint density at radius 3 is 2.64 bits per heavy atom. The van der Waals surface area contributed by atoms with E-state index in [-0.39, 0.29) is 17.9 Å². The second kappa shape index (κ2) is 8.29. The Hall–Kier alpha value is -1.45. The molecule has 0 unspecified atom stereocenters. The van der Waals surface area contributed by atoms with Gasteiger partial charge in [-0.15, -0.1) is 0 Å². The van der Waals surface area contributed by atoms with E-state index in [1.165, 1.54) is 18.4 Å².